The van der Waals surface area contributed by atoms with E-state index < -0.39 is 0 Å². The number of hydrogen-bond donors (Lipinski definition) is 0. The van der Waals surface area contributed by atoms with Crippen LogP contribution in [0.4, 0.5) is 0 Å². The molecule has 0 bridgehead atoms. The molecule has 0 saturated carbocycles. The van der Waals surface area contributed by atoms with Crippen molar-refractivity contribution in [3.8, 4) is 89.0 Å². The third-order valence-electron chi connectivity index (χ3n) is 16.1. The van der Waals surface area contributed by atoms with Gasteiger partial charge in [0.2, 0.25) is 0 Å². The lowest BCUT2D eigenvalue weighted by Gasteiger charge is -2.28. The number of hydrogen-bond acceptors (Lipinski definition) is 0. The summed E-state index contributed by atoms with van der Waals surface area (Å²) in [6.07, 6.45) is 0. The van der Waals surface area contributed by atoms with Crippen LogP contribution >= 0.6 is 0 Å². The fraction of sp³-hybridized carbons (Fsp3) is 0. The van der Waals surface area contributed by atoms with Crippen molar-refractivity contribution in [2.45, 2.75) is 0 Å². The second-order valence-electron chi connectivity index (χ2n) is 20.7. The van der Waals surface area contributed by atoms with Crippen LogP contribution in [-0.4, -0.2) is 0 Å². The zero-order chi connectivity index (χ0) is 51.5. The lowest BCUT2D eigenvalue weighted by Crippen LogP contribution is -2.01. The molecule has 15 rings (SSSR count). The molecule has 362 valence electrons. The maximum absolute atomic E-state index is 2.59. The van der Waals surface area contributed by atoms with Gasteiger partial charge in [0.05, 0.1) is 0 Å². The Morgan fingerprint density at radius 1 is 0.115 bits per heavy atom. The minimum Gasteiger partial charge on any atom is -0.0622 e. The van der Waals surface area contributed by atoms with Crippen molar-refractivity contribution in [3.05, 3.63) is 303 Å². The average molecular weight is 987 g/mol. The maximum atomic E-state index is 2.59. The molecule has 15 aromatic rings. The van der Waals surface area contributed by atoms with E-state index in [9.17, 15) is 0 Å². The standard InChI is InChI=1S/C78H50/c1-5-25-55(26-6-1)75-71(63-41-37-51-21-13-17-33-59(51)45-63)67-49-69-70(50-68(67)72(76(75)56-27-7-2-8-28-56)64-42-38-52-22-14-18-34-60(52)46-64)74(66-44-40-54-24-16-20-36-62(54)48-66)78(58-31-11-4-12-32-58)77(57-29-9-3-10-30-57)73(69)65-43-39-53-23-15-19-35-61(53)47-65/h1-50H. The zero-order valence-electron chi connectivity index (χ0n) is 42.9. The van der Waals surface area contributed by atoms with Crippen LogP contribution < -0.4 is 0 Å². The third kappa shape index (κ3) is 7.69. The van der Waals surface area contributed by atoms with Gasteiger partial charge in [-0.25, -0.2) is 0 Å². The predicted octanol–water partition coefficient (Wildman–Crippen LogP) is 21.9. The van der Waals surface area contributed by atoms with Gasteiger partial charge in [-0.05, 0) is 190 Å². The molecule has 0 aromatic heterocycles. The second-order valence-corrected chi connectivity index (χ2v) is 20.7. The van der Waals surface area contributed by atoms with Crippen molar-refractivity contribution in [1.29, 1.82) is 0 Å². The van der Waals surface area contributed by atoms with Crippen LogP contribution in [0.1, 0.15) is 0 Å². The molecule has 0 heterocycles. The Hall–Kier alpha value is -10.1. The Morgan fingerprint density at radius 3 is 0.526 bits per heavy atom. The number of rotatable bonds is 8. The Balaban J connectivity index is 1.24. The van der Waals surface area contributed by atoms with Crippen LogP contribution in [0.3, 0.4) is 0 Å². The van der Waals surface area contributed by atoms with E-state index >= 15 is 0 Å². The minimum atomic E-state index is 1.17. The Morgan fingerprint density at radius 2 is 0.308 bits per heavy atom. The van der Waals surface area contributed by atoms with Gasteiger partial charge in [-0.1, -0.05) is 267 Å². The Bertz CT molecular complexity index is 4190. The molecular weight excluding hydrogens is 937 g/mol. The molecule has 0 saturated heterocycles. The monoisotopic (exact) mass is 986 g/mol. The van der Waals surface area contributed by atoms with E-state index in [2.05, 4.69) is 303 Å². The highest BCUT2D eigenvalue weighted by atomic mass is 14.3. The smallest absolute Gasteiger partial charge is 0.00141 e. The molecule has 0 heteroatoms. The van der Waals surface area contributed by atoms with Gasteiger partial charge in [-0.3, -0.25) is 0 Å². The zero-order valence-corrected chi connectivity index (χ0v) is 42.9. The minimum absolute atomic E-state index is 1.17. The molecule has 0 aliphatic rings. The summed E-state index contributed by atoms with van der Waals surface area (Å²) < 4.78 is 0. The van der Waals surface area contributed by atoms with Gasteiger partial charge >= 0.3 is 0 Å². The van der Waals surface area contributed by atoms with Crippen molar-refractivity contribution in [1.82, 2.24) is 0 Å². The summed E-state index contributed by atoms with van der Waals surface area (Å²) in [5.41, 5.74) is 19.0. The largest absolute Gasteiger partial charge is 0.0622 e. The molecule has 0 radical (unpaired) electrons. The van der Waals surface area contributed by atoms with Gasteiger partial charge in [-0.15, -0.1) is 0 Å². The fourth-order valence-electron chi connectivity index (χ4n) is 12.6. The van der Waals surface area contributed by atoms with E-state index in [-0.39, 0.29) is 0 Å². The summed E-state index contributed by atoms with van der Waals surface area (Å²) in [6, 6.07) is 113. The second kappa shape index (κ2) is 18.9. The first kappa shape index (κ1) is 45.3. The van der Waals surface area contributed by atoms with Crippen LogP contribution in [0.25, 0.3) is 154 Å². The van der Waals surface area contributed by atoms with Gasteiger partial charge in [-0.2, -0.15) is 0 Å². The highest BCUT2D eigenvalue weighted by Gasteiger charge is 2.29. The van der Waals surface area contributed by atoms with Crippen molar-refractivity contribution in [2.75, 3.05) is 0 Å². The summed E-state index contributed by atoms with van der Waals surface area (Å²) in [5, 5.41) is 14.5. The van der Waals surface area contributed by atoms with Gasteiger partial charge < -0.3 is 0 Å². The quantitative estimate of drug-likeness (QED) is 0.133. The number of benzene rings is 15. The molecule has 0 N–H and O–H groups in total. The molecule has 0 unspecified atom stereocenters. The lowest BCUT2D eigenvalue weighted by molar-refractivity contribution is 1.57. The normalized spacial score (nSPS) is 11.6. The maximum Gasteiger partial charge on any atom is -0.00141 e. The first-order valence-electron chi connectivity index (χ1n) is 27.1. The first-order chi connectivity index (χ1) is 38.7. The molecule has 0 atom stereocenters. The lowest BCUT2D eigenvalue weighted by atomic mass is 9.75. The molecule has 0 amide bonds. The fourth-order valence-corrected chi connectivity index (χ4v) is 12.6. The average Bonchev–Trinajstić information content (AvgIpc) is 3.25. The molecule has 15 aromatic carbocycles. The topological polar surface area (TPSA) is 0 Å². The van der Waals surface area contributed by atoms with Gasteiger partial charge in [0.15, 0.2) is 0 Å². The highest BCUT2D eigenvalue weighted by molar-refractivity contribution is 6.27. The molecule has 0 aliphatic heterocycles. The SMILES string of the molecule is c1ccc(-c2c(-c3ccccc3)c(-c3ccc4ccccc4c3)c3cc4c(-c5ccc6ccccc6c5)c(-c5ccccc5)c(-c5ccccc5)c(-c5ccc6ccccc6c5)c4cc3c2-c2ccc3ccccc3c2)cc1. The van der Waals surface area contributed by atoms with Crippen LogP contribution in [-0.2, 0) is 0 Å². The summed E-state index contributed by atoms with van der Waals surface area (Å²) in [6.45, 7) is 0. The molecule has 0 fully saturated rings. The van der Waals surface area contributed by atoms with E-state index in [1.807, 2.05) is 0 Å². The summed E-state index contributed by atoms with van der Waals surface area (Å²) in [4.78, 5) is 0. The van der Waals surface area contributed by atoms with E-state index in [1.165, 1.54) is 154 Å². The number of fused-ring (bicyclic) bond motifs is 6. The van der Waals surface area contributed by atoms with E-state index in [0.29, 0.717) is 0 Å². The Labute approximate surface area is 454 Å². The van der Waals surface area contributed by atoms with Gasteiger partial charge in [0.25, 0.3) is 0 Å². The van der Waals surface area contributed by atoms with Gasteiger partial charge in [0.1, 0.15) is 0 Å². The summed E-state index contributed by atoms with van der Waals surface area (Å²) in [7, 11) is 0. The van der Waals surface area contributed by atoms with Crippen molar-refractivity contribution < 1.29 is 0 Å². The van der Waals surface area contributed by atoms with Crippen molar-refractivity contribution in [2.24, 2.45) is 0 Å². The molecule has 0 aliphatic carbocycles. The summed E-state index contributed by atoms with van der Waals surface area (Å²) in [5.74, 6) is 0. The predicted molar refractivity (Wildman–Crippen MR) is 335 cm³/mol. The third-order valence-corrected chi connectivity index (χ3v) is 16.1. The first-order valence-corrected chi connectivity index (χ1v) is 27.1. The van der Waals surface area contributed by atoms with Crippen molar-refractivity contribution >= 4 is 64.6 Å². The summed E-state index contributed by atoms with van der Waals surface area (Å²) >= 11 is 0. The van der Waals surface area contributed by atoms with Crippen LogP contribution in [0.5, 0.6) is 0 Å². The molecular formula is C78H50. The van der Waals surface area contributed by atoms with Crippen LogP contribution in [0.15, 0.2) is 303 Å². The highest BCUT2D eigenvalue weighted by Crippen LogP contribution is 2.57. The van der Waals surface area contributed by atoms with Crippen LogP contribution in [0, 0.1) is 0 Å². The van der Waals surface area contributed by atoms with E-state index in [0.717, 1.165) is 0 Å². The Kier molecular flexibility index (Phi) is 11.0. The van der Waals surface area contributed by atoms with Gasteiger partial charge in [0, 0.05) is 0 Å². The van der Waals surface area contributed by atoms with Crippen molar-refractivity contribution in [3.63, 3.8) is 0 Å². The van der Waals surface area contributed by atoms with Crippen LogP contribution in [0.2, 0.25) is 0 Å². The van der Waals surface area contributed by atoms with E-state index in [4.69, 9.17) is 0 Å². The molecule has 0 spiro atoms. The van der Waals surface area contributed by atoms with E-state index in [1.54, 1.807) is 0 Å². The molecule has 0 nitrogen and oxygen atoms in total. The molecule has 78 heavy (non-hydrogen) atoms.